The average molecular weight is 340 g/mol. The topological polar surface area (TPSA) is 62.6 Å². The van der Waals surface area contributed by atoms with Gasteiger partial charge in [-0.1, -0.05) is 6.07 Å². The Balaban J connectivity index is 2.09. The van der Waals surface area contributed by atoms with Crippen LogP contribution >= 0.6 is 0 Å². The molecule has 0 saturated heterocycles. The lowest BCUT2D eigenvalue weighted by Crippen LogP contribution is -2.39. The van der Waals surface area contributed by atoms with E-state index in [1.807, 2.05) is 0 Å². The van der Waals surface area contributed by atoms with E-state index in [-0.39, 0.29) is 12.2 Å². The molecule has 2 aromatic rings. The third-order valence-corrected chi connectivity index (χ3v) is 3.21. The first-order valence-electron chi connectivity index (χ1n) is 7.02. The molecule has 0 atom stereocenters. The molecule has 0 aliphatic rings. The van der Waals surface area contributed by atoms with E-state index in [2.05, 4.69) is 5.32 Å². The van der Waals surface area contributed by atoms with Crippen molar-refractivity contribution in [2.24, 2.45) is 0 Å². The summed E-state index contributed by atoms with van der Waals surface area (Å²) >= 11 is 0. The van der Waals surface area contributed by atoms with Crippen molar-refractivity contribution in [3.8, 4) is 0 Å². The molecular formula is C16H15F3N2O3. The third kappa shape index (κ3) is 4.61. The van der Waals surface area contributed by atoms with E-state index in [1.54, 1.807) is 12.1 Å². The van der Waals surface area contributed by atoms with Gasteiger partial charge < -0.3 is 14.6 Å². The highest BCUT2D eigenvalue weighted by atomic mass is 19.4. The molecule has 1 heterocycles. The Morgan fingerprint density at radius 1 is 1.21 bits per heavy atom. The maximum atomic E-state index is 12.8. The van der Waals surface area contributed by atoms with Gasteiger partial charge in [-0.3, -0.25) is 9.59 Å². The summed E-state index contributed by atoms with van der Waals surface area (Å²) in [5.74, 6) is -0.529. The molecule has 2 rings (SSSR count). The first-order valence-corrected chi connectivity index (χ1v) is 7.02. The Morgan fingerprint density at radius 3 is 2.54 bits per heavy atom. The maximum absolute atomic E-state index is 12.8. The van der Waals surface area contributed by atoms with Crippen molar-refractivity contribution < 1.29 is 27.2 Å². The zero-order valence-corrected chi connectivity index (χ0v) is 12.8. The quantitative estimate of drug-likeness (QED) is 0.910. The van der Waals surface area contributed by atoms with Crippen LogP contribution < -0.4 is 10.2 Å². The van der Waals surface area contributed by atoms with E-state index >= 15 is 0 Å². The number of carbonyl (C=O) groups is 2. The molecule has 5 nitrogen and oxygen atoms in total. The highest BCUT2D eigenvalue weighted by Crippen LogP contribution is 2.31. The average Bonchev–Trinajstić information content (AvgIpc) is 3.03. The van der Waals surface area contributed by atoms with Crippen LogP contribution in [0.2, 0.25) is 0 Å². The molecule has 0 unspecified atom stereocenters. The molecule has 1 aromatic carbocycles. The Bertz CT molecular complexity index is 712. The van der Waals surface area contributed by atoms with Gasteiger partial charge in [-0.25, -0.2) is 0 Å². The van der Waals surface area contributed by atoms with Crippen molar-refractivity contribution in [3.63, 3.8) is 0 Å². The van der Waals surface area contributed by atoms with E-state index in [9.17, 15) is 22.8 Å². The van der Waals surface area contributed by atoms with Crippen LogP contribution in [0.15, 0.2) is 47.1 Å². The summed E-state index contributed by atoms with van der Waals surface area (Å²) in [6, 6.07) is 7.59. The smallest absolute Gasteiger partial charge is 0.416 e. The number of furan rings is 1. The Hall–Kier alpha value is -2.77. The molecule has 0 spiro atoms. The van der Waals surface area contributed by atoms with Gasteiger partial charge in [0.1, 0.15) is 12.3 Å². The van der Waals surface area contributed by atoms with E-state index < -0.39 is 30.1 Å². The Morgan fingerprint density at radius 2 is 1.96 bits per heavy atom. The second kappa shape index (κ2) is 7.20. The molecular weight excluding hydrogens is 325 g/mol. The zero-order valence-electron chi connectivity index (χ0n) is 12.8. The van der Waals surface area contributed by atoms with Crippen LogP contribution in [0.3, 0.4) is 0 Å². The van der Waals surface area contributed by atoms with Gasteiger partial charge in [0.05, 0.1) is 18.4 Å². The van der Waals surface area contributed by atoms with Crippen LogP contribution in [0.5, 0.6) is 0 Å². The van der Waals surface area contributed by atoms with E-state index in [0.29, 0.717) is 5.76 Å². The monoisotopic (exact) mass is 340 g/mol. The van der Waals surface area contributed by atoms with E-state index in [0.717, 1.165) is 17.0 Å². The van der Waals surface area contributed by atoms with Gasteiger partial charge in [0, 0.05) is 12.6 Å². The normalized spacial score (nSPS) is 11.2. The van der Waals surface area contributed by atoms with Crippen molar-refractivity contribution in [1.82, 2.24) is 5.32 Å². The van der Waals surface area contributed by atoms with Crippen LogP contribution in [0.4, 0.5) is 18.9 Å². The number of halogens is 3. The fourth-order valence-corrected chi connectivity index (χ4v) is 2.03. The fourth-order valence-electron chi connectivity index (χ4n) is 2.03. The lowest BCUT2D eigenvalue weighted by atomic mass is 10.1. The van der Waals surface area contributed by atoms with Crippen molar-refractivity contribution in [2.45, 2.75) is 19.6 Å². The summed E-state index contributed by atoms with van der Waals surface area (Å²) < 4.78 is 43.4. The number of alkyl halides is 3. The second-order valence-corrected chi connectivity index (χ2v) is 5.01. The molecule has 0 aliphatic carbocycles. The molecule has 1 aromatic heterocycles. The van der Waals surface area contributed by atoms with Crippen molar-refractivity contribution in [2.75, 3.05) is 11.4 Å². The lowest BCUT2D eigenvalue weighted by molar-refractivity contribution is -0.137. The van der Waals surface area contributed by atoms with E-state index in [1.165, 1.54) is 25.3 Å². The first-order chi connectivity index (χ1) is 11.3. The summed E-state index contributed by atoms with van der Waals surface area (Å²) in [5.41, 5.74) is -0.882. The number of hydrogen-bond acceptors (Lipinski definition) is 3. The number of nitrogens with one attached hydrogen (secondary N) is 1. The van der Waals surface area contributed by atoms with Crippen LogP contribution in [0.1, 0.15) is 18.2 Å². The largest absolute Gasteiger partial charge is 0.467 e. The van der Waals surface area contributed by atoms with Gasteiger partial charge in [0.25, 0.3) is 0 Å². The minimum Gasteiger partial charge on any atom is -0.467 e. The summed E-state index contributed by atoms with van der Waals surface area (Å²) in [6.07, 6.45) is -3.08. The van der Waals surface area contributed by atoms with Crippen LogP contribution in [-0.2, 0) is 22.3 Å². The van der Waals surface area contributed by atoms with Crippen LogP contribution in [0.25, 0.3) is 0 Å². The highest BCUT2D eigenvalue weighted by Gasteiger charge is 2.31. The summed E-state index contributed by atoms with van der Waals surface area (Å²) in [4.78, 5) is 24.6. The van der Waals surface area contributed by atoms with Gasteiger partial charge in [0.2, 0.25) is 11.8 Å². The van der Waals surface area contributed by atoms with Gasteiger partial charge >= 0.3 is 6.18 Å². The van der Waals surface area contributed by atoms with Crippen molar-refractivity contribution >= 4 is 17.5 Å². The molecule has 0 aliphatic heterocycles. The van der Waals surface area contributed by atoms with Crippen molar-refractivity contribution in [1.29, 1.82) is 0 Å². The number of nitrogens with zero attached hydrogens (tertiary/aromatic N) is 1. The maximum Gasteiger partial charge on any atom is 0.416 e. The molecule has 0 saturated carbocycles. The van der Waals surface area contributed by atoms with Gasteiger partial charge in [-0.05, 0) is 30.3 Å². The summed E-state index contributed by atoms with van der Waals surface area (Å²) in [5, 5.41) is 2.54. The SMILES string of the molecule is CC(=O)N(CC(=O)NCc1ccco1)c1cccc(C(F)(F)F)c1. The minimum absolute atomic E-state index is 0.00507. The third-order valence-electron chi connectivity index (χ3n) is 3.21. The number of hydrogen-bond donors (Lipinski definition) is 1. The molecule has 0 radical (unpaired) electrons. The molecule has 8 heteroatoms. The molecule has 2 amide bonds. The van der Waals surface area contributed by atoms with Gasteiger partial charge in [-0.15, -0.1) is 0 Å². The zero-order chi connectivity index (χ0) is 17.7. The Kier molecular flexibility index (Phi) is 5.28. The van der Waals surface area contributed by atoms with Crippen LogP contribution in [0, 0.1) is 0 Å². The molecule has 0 bridgehead atoms. The highest BCUT2D eigenvalue weighted by molar-refractivity contribution is 5.97. The summed E-state index contributed by atoms with van der Waals surface area (Å²) in [7, 11) is 0. The predicted molar refractivity (Wildman–Crippen MR) is 80.0 cm³/mol. The Labute approximate surface area is 136 Å². The fraction of sp³-hybridized carbons (Fsp3) is 0.250. The van der Waals surface area contributed by atoms with Gasteiger partial charge in [-0.2, -0.15) is 13.2 Å². The standard InChI is InChI=1S/C16H15F3N2O3/c1-11(22)21(10-15(23)20-9-14-6-3-7-24-14)13-5-2-4-12(8-13)16(17,18)19/h2-8H,9-10H2,1H3,(H,20,23). The molecule has 0 fully saturated rings. The second-order valence-electron chi connectivity index (χ2n) is 5.01. The van der Waals surface area contributed by atoms with Crippen molar-refractivity contribution in [3.05, 3.63) is 54.0 Å². The summed E-state index contributed by atoms with van der Waals surface area (Å²) in [6.45, 7) is 0.914. The number of anilines is 1. The molecule has 128 valence electrons. The van der Waals surface area contributed by atoms with Crippen LogP contribution in [-0.4, -0.2) is 18.4 Å². The first kappa shape index (κ1) is 17.6. The molecule has 1 N–H and O–H groups in total. The number of amides is 2. The number of benzene rings is 1. The van der Waals surface area contributed by atoms with Gasteiger partial charge in [0.15, 0.2) is 0 Å². The predicted octanol–water partition coefficient (Wildman–Crippen LogP) is 2.97. The molecule has 24 heavy (non-hydrogen) atoms. The number of rotatable bonds is 5. The van der Waals surface area contributed by atoms with E-state index in [4.69, 9.17) is 4.42 Å². The minimum atomic E-state index is -4.53. The lowest BCUT2D eigenvalue weighted by Gasteiger charge is -2.21. The number of carbonyl (C=O) groups excluding carboxylic acids is 2.